The Morgan fingerprint density at radius 2 is 2.12 bits per heavy atom. The molecule has 0 unspecified atom stereocenters. The lowest BCUT2D eigenvalue weighted by molar-refractivity contribution is -0.123. The van der Waals surface area contributed by atoms with Crippen LogP contribution >= 0.6 is 11.8 Å². The molecule has 1 amide bonds. The Hall–Kier alpha value is -1.00. The molecule has 3 nitrogen and oxygen atoms in total. The van der Waals surface area contributed by atoms with E-state index in [0.29, 0.717) is 11.2 Å². The molecule has 1 fully saturated rings. The highest BCUT2D eigenvalue weighted by molar-refractivity contribution is 8.00. The molecule has 4 heteroatoms. The third kappa shape index (κ3) is 2.80. The number of fused-ring (bicyclic) bond motifs is 2. The highest BCUT2D eigenvalue weighted by Gasteiger charge is 2.50. The third-order valence-corrected chi connectivity index (χ3v) is 8.11. The molecule has 0 spiro atoms. The van der Waals surface area contributed by atoms with Gasteiger partial charge in [-0.1, -0.05) is 26.8 Å². The summed E-state index contributed by atoms with van der Waals surface area (Å²) in [6, 6.07) is 0. The normalized spacial score (nSPS) is 36.7. The van der Waals surface area contributed by atoms with Gasteiger partial charge in [-0.2, -0.15) is 11.8 Å². The van der Waals surface area contributed by atoms with Crippen LogP contribution in [-0.2, 0) is 9.53 Å². The SMILES string of the molecule is CCS[C@@H]1C=C2C=C3C(=C(C)C(=O)N3C)C[C@]2(C)[C@@H](C)[C@H]1OCC1CC1. The van der Waals surface area contributed by atoms with Gasteiger partial charge in [0.15, 0.2) is 0 Å². The van der Waals surface area contributed by atoms with Crippen molar-refractivity contribution in [2.24, 2.45) is 17.3 Å². The van der Waals surface area contributed by atoms with Gasteiger partial charge in [0, 0.05) is 35.6 Å². The highest BCUT2D eigenvalue weighted by Crippen LogP contribution is 2.55. The zero-order chi connectivity index (χ0) is 18.6. The Kier molecular flexibility index (Phi) is 4.63. The van der Waals surface area contributed by atoms with Crippen molar-refractivity contribution >= 4 is 17.7 Å². The molecular weight excluding hydrogens is 342 g/mol. The second-order valence-electron chi connectivity index (χ2n) is 8.66. The standard InChI is InChI=1S/C22H31NO2S/c1-6-26-19-10-16-9-18-17(13(2)21(24)23(18)5)11-22(16,4)14(3)20(19)25-12-15-7-8-15/h9-10,14-15,19-20H,6-8,11-12H2,1-5H3/t14-,19+,20+,22+/m0/s1. The molecule has 0 bridgehead atoms. The first-order chi connectivity index (χ1) is 12.4. The summed E-state index contributed by atoms with van der Waals surface area (Å²) in [5.41, 5.74) is 4.72. The maximum Gasteiger partial charge on any atom is 0.254 e. The summed E-state index contributed by atoms with van der Waals surface area (Å²) >= 11 is 1.99. The Morgan fingerprint density at radius 3 is 2.77 bits per heavy atom. The number of likely N-dealkylation sites (N-methyl/N-ethyl adjacent to an activating group) is 1. The molecule has 4 aliphatic rings. The van der Waals surface area contributed by atoms with E-state index in [-0.39, 0.29) is 17.4 Å². The van der Waals surface area contributed by atoms with Gasteiger partial charge in [0.2, 0.25) is 0 Å². The Morgan fingerprint density at radius 1 is 1.38 bits per heavy atom. The number of allylic oxidation sites excluding steroid dienone is 3. The Labute approximate surface area is 161 Å². The van der Waals surface area contributed by atoms with Crippen LogP contribution in [0.1, 0.15) is 47.0 Å². The van der Waals surface area contributed by atoms with Crippen LogP contribution in [0.2, 0.25) is 0 Å². The van der Waals surface area contributed by atoms with E-state index < -0.39 is 0 Å². The monoisotopic (exact) mass is 373 g/mol. The average Bonchev–Trinajstić information content (AvgIpc) is 3.41. The van der Waals surface area contributed by atoms with E-state index in [1.54, 1.807) is 0 Å². The number of amides is 1. The fourth-order valence-corrected chi connectivity index (χ4v) is 5.89. The lowest BCUT2D eigenvalue weighted by Gasteiger charge is -2.49. The van der Waals surface area contributed by atoms with Crippen LogP contribution in [-0.4, -0.2) is 41.6 Å². The quantitative estimate of drug-likeness (QED) is 0.707. The van der Waals surface area contributed by atoms with Crippen molar-refractivity contribution < 1.29 is 9.53 Å². The lowest BCUT2D eigenvalue weighted by Crippen LogP contribution is -2.47. The van der Waals surface area contributed by atoms with Crippen molar-refractivity contribution in [1.29, 1.82) is 0 Å². The highest BCUT2D eigenvalue weighted by atomic mass is 32.2. The third-order valence-electron chi connectivity index (χ3n) is 6.99. The number of carbonyl (C=O) groups excluding carboxylic acids is 1. The van der Waals surface area contributed by atoms with E-state index in [2.05, 4.69) is 32.9 Å². The summed E-state index contributed by atoms with van der Waals surface area (Å²) in [6.45, 7) is 9.87. The number of carbonyl (C=O) groups is 1. The van der Waals surface area contributed by atoms with Gasteiger partial charge in [0.1, 0.15) is 0 Å². The van der Waals surface area contributed by atoms with E-state index in [1.165, 1.54) is 24.0 Å². The van der Waals surface area contributed by atoms with E-state index in [9.17, 15) is 4.79 Å². The van der Waals surface area contributed by atoms with Gasteiger partial charge in [0.05, 0.1) is 6.10 Å². The van der Waals surface area contributed by atoms with Crippen LogP contribution in [0.25, 0.3) is 0 Å². The van der Waals surface area contributed by atoms with Gasteiger partial charge in [-0.05, 0) is 61.0 Å². The van der Waals surface area contributed by atoms with Gasteiger partial charge < -0.3 is 9.64 Å². The Balaban J connectivity index is 1.72. The molecule has 3 aliphatic carbocycles. The summed E-state index contributed by atoms with van der Waals surface area (Å²) in [6.07, 6.45) is 8.60. The summed E-state index contributed by atoms with van der Waals surface area (Å²) < 4.78 is 6.50. The minimum atomic E-state index is 0.0462. The minimum Gasteiger partial charge on any atom is -0.376 e. The van der Waals surface area contributed by atoms with Crippen molar-refractivity contribution in [3.63, 3.8) is 0 Å². The molecule has 4 rings (SSSR count). The molecule has 26 heavy (non-hydrogen) atoms. The van der Waals surface area contributed by atoms with E-state index in [4.69, 9.17) is 4.74 Å². The smallest absolute Gasteiger partial charge is 0.254 e. The van der Waals surface area contributed by atoms with Gasteiger partial charge in [0.25, 0.3) is 5.91 Å². The van der Waals surface area contributed by atoms with Crippen LogP contribution in [0.3, 0.4) is 0 Å². The number of rotatable bonds is 5. The number of ether oxygens (including phenoxy) is 1. The predicted molar refractivity (Wildman–Crippen MR) is 108 cm³/mol. The van der Waals surface area contributed by atoms with E-state index >= 15 is 0 Å². The maximum absolute atomic E-state index is 12.5. The second kappa shape index (κ2) is 6.56. The second-order valence-corrected chi connectivity index (χ2v) is 10.1. The molecule has 0 aromatic carbocycles. The Bertz CT molecular complexity index is 718. The van der Waals surface area contributed by atoms with Crippen molar-refractivity contribution in [3.8, 4) is 0 Å². The molecule has 1 saturated carbocycles. The number of thioether (sulfide) groups is 1. The van der Waals surface area contributed by atoms with Crippen LogP contribution in [0.4, 0.5) is 0 Å². The molecule has 4 atom stereocenters. The van der Waals surface area contributed by atoms with Gasteiger partial charge in [-0.25, -0.2) is 0 Å². The molecule has 0 aromatic rings. The van der Waals surface area contributed by atoms with Crippen molar-refractivity contribution in [1.82, 2.24) is 4.90 Å². The molecule has 142 valence electrons. The first-order valence-corrected chi connectivity index (χ1v) is 11.1. The van der Waals surface area contributed by atoms with Gasteiger partial charge in [-0.3, -0.25) is 4.79 Å². The van der Waals surface area contributed by atoms with Crippen LogP contribution < -0.4 is 0 Å². The summed E-state index contributed by atoms with van der Waals surface area (Å²) in [4.78, 5) is 14.3. The summed E-state index contributed by atoms with van der Waals surface area (Å²) in [5.74, 6) is 2.48. The van der Waals surface area contributed by atoms with Crippen LogP contribution in [0, 0.1) is 17.3 Å². The molecule has 0 aromatic heterocycles. The molecule has 0 radical (unpaired) electrons. The first-order valence-electron chi connectivity index (χ1n) is 10.0. The number of hydrogen-bond acceptors (Lipinski definition) is 3. The topological polar surface area (TPSA) is 29.5 Å². The average molecular weight is 374 g/mol. The fourth-order valence-electron chi connectivity index (χ4n) is 4.76. The maximum atomic E-state index is 12.5. The molecular formula is C22H31NO2S. The zero-order valence-corrected chi connectivity index (χ0v) is 17.5. The van der Waals surface area contributed by atoms with Crippen molar-refractivity contribution in [3.05, 3.63) is 34.6 Å². The largest absolute Gasteiger partial charge is 0.376 e. The minimum absolute atomic E-state index is 0.0462. The van der Waals surface area contributed by atoms with E-state index in [0.717, 1.165) is 36.0 Å². The summed E-state index contributed by atoms with van der Waals surface area (Å²) in [5, 5.41) is 0.405. The van der Waals surface area contributed by atoms with Crippen LogP contribution in [0.15, 0.2) is 34.6 Å². The predicted octanol–water partition coefficient (Wildman–Crippen LogP) is 4.56. The molecule has 0 N–H and O–H groups in total. The van der Waals surface area contributed by atoms with Crippen molar-refractivity contribution in [2.75, 3.05) is 19.4 Å². The van der Waals surface area contributed by atoms with Gasteiger partial charge in [-0.15, -0.1) is 0 Å². The summed E-state index contributed by atoms with van der Waals surface area (Å²) in [7, 11) is 1.90. The first kappa shape index (κ1) is 18.4. The number of hydrogen-bond donors (Lipinski definition) is 0. The molecule has 0 saturated heterocycles. The zero-order valence-electron chi connectivity index (χ0n) is 16.7. The molecule has 1 heterocycles. The fraction of sp³-hybridized carbons (Fsp3) is 0.682. The van der Waals surface area contributed by atoms with Gasteiger partial charge >= 0.3 is 0 Å². The molecule has 1 aliphatic heterocycles. The van der Waals surface area contributed by atoms with E-state index in [1.807, 2.05) is 30.6 Å². The van der Waals surface area contributed by atoms with Crippen LogP contribution in [0.5, 0.6) is 0 Å². The van der Waals surface area contributed by atoms with Crippen molar-refractivity contribution in [2.45, 2.75) is 58.3 Å². The number of nitrogens with zero attached hydrogens (tertiary/aromatic N) is 1. The lowest BCUT2D eigenvalue weighted by atomic mass is 9.60.